The Hall–Kier alpha value is -3.46. The van der Waals surface area contributed by atoms with Crippen LogP contribution in [-0.2, 0) is 14.3 Å². The quantitative estimate of drug-likeness (QED) is 0.514. The maximum Gasteiger partial charge on any atom is 0.323 e. The van der Waals surface area contributed by atoms with Gasteiger partial charge in [0, 0.05) is 17.5 Å². The molecule has 192 valence electrons. The first-order valence-corrected chi connectivity index (χ1v) is 12.2. The zero-order valence-corrected chi connectivity index (χ0v) is 20.9. The third-order valence-corrected chi connectivity index (χ3v) is 6.66. The molecule has 4 rings (SSSR count). The number of hydrogen-bond acceptors (Lipinski definition) is 7. The molecule has 0 aromatic heterocycles. The normalized spacial score (nSPS) is 20.1. The lowest BCUT2D eigenvalue weighted by molar-refractivity contribution is -0.152. The number of nitrogens with zero attached hydrogens (tertiary/aromatic N) is 3. The Morgan fingerprint density at radius 2 is 1.92 bits per heavy atom. The number of rotatable bonds is 8. The summed E-state index contributed by atoms with van der Waals surface area (Å²) in [6.07, 6.45) is 2.73. The van der Waals surface area contributed by atoms with Crippen molar-refractivity contribution < 1.29 is 28.2 Å². The summed E-state index contributed by atoms with van der Waals surface area (Å²) in [6, 6.07) is 10.8. The fourth-order valence-electron chi connectivity index (χ4n) is 4.87. The average molecular weight is 498 g/mol. The number of likely N-dealkylation sites (tertiary alicyclic amines) is 1. The lowest BCUT2D eigenvalue weighted by atomic mass is 9.97. The largest absolute Gasteiger partial charge is 0.497 e. The lowest BCUT2D eigenvalue weighted by Gasteiger charge is -2.34. The van der Waals surface area contributed by atoms with Crippen LogP contribution >= 0.6 is 0 Å². The van der Waals surface area contributed by atoms with Gasteiger partial charge >= 0.3 is 5.97 Å². The number of hydrazone groups is 1. The molecule has 0 radical (unpaired) electrons. The number of ether oxygens (including phenoxy) is 3. The molecule has 1 saturated heterocycles. The van der Waals surface area contributed by atoms with Crippen molar-refractivity contribution in [1.29, 1.82) is 0 Å². The predicted octanol–water partition coefficient (Wildman–Crippen LogP) is 3.94. The van der Waals surface area contributed by atoms with Gasteiger partial charge in [-0.05, 0) is 50.6 Å². The minimum atomic E-state index is -0.525. The van der Waals surface area contributed by atoms with Gasteiger partial charge in [0.05, 0.1) is 39.1 Å². The van der Waals surface area contributed by atoms with Gasteiger partial charge in [-0.2, -0.15) is 5.10 Å². The number of methoxy groups -OCH3 is 2. The topological polar surface area (TPSA) is 80.7 Å². The van der Waals surface area contributed by atoms with Crippen LogP contribution in [0.5, 0.6) is 11.5 Å². The Bertz CT molecular complexity index is 1140. The van der Waals surface area contributed by atoms with Gasteiger partial charge in [-0.15, -0.1) is 0 Å². The number of piperidine rings is 1. The molecule has 2 aromatic carbocycles. The molecule has 1 amide bonds. The molecule has 0 saturated carbocycles. The van der Waals surface area contributed by atoms with E-state index in [1.807, 2.05) is 11.0 Å². The molecule has 8 nitrogen and oxygen atoms in total. The van der Waals surface area contributed by atoms with Crippen LogP contribution in [0.2, 0.25) is 0 Å². The summed E-state index contributed by atoms with van der Waals surface area (Å²) >= 11 is 0. The van der Waals surface area contributed by atoms with Gasteiger partial charge in [-0.25, -0.2) is 9.40 Å². The minimum Gasteiger partial charge on any atom is -0.497 e. The van der Waals surface area contributed by atoms with Gasteiger partial charge in [0.15, 0.2) is 0 Å². The van der Waals surface area contributed by atoms with E-state index < -0.39 is 17.9 Å². The summed E-state index contributed by atoms with van der Waals surface area (Å²) in [5.41, 5.74) is 1.53. The number of amides is 1. The van der Waals surface area contributed by atoms with Crippen LogP contribution in [0, 0.1) is 5.82 Å². The maximum atomic E-state index is 14.7. The summed E-state index contributed by atoms with van der Waals surface area (Å²) < 4.78 is 30.9. The molecule has 2 aliphatic heterocycles. The molecule has 9 heteroatoms. The lowest BCUT2D eigenvalue weighted by Crippen LogP contribution is -2.49. The Kier molecular flexibility index (Phi) is 8.20. The molecule has 2 atom stereocenters. The van der Waals surface area contributed by atoms with Gasteiger partial charge in [0.2, 0.25) is 0 Å². The third-order valence-electron chi connectivity index (χ3n) is 6.66. The van der Waals surface area contributed by atoms with Gasteiger partial charge in [0.25, 0.3) is 5.91 Å². The van der Waals surface area contributed by atoms with Crippen LogP contribution in [0.3, 0.4) is 0 Å². The molecule has 0 bridgehead atoms. The number of halogens is 1. The zero-order valence-electron chi connectivity index (χ0n) is 20.9. The highest BCUT2D eigenvalue weighted by Crippen LogP contribution is 2.39. The van der Waals surface area contributed by atoms with Crippen molar-refractivity contribution in [3.63, 3.8) is 0 Å². The van der Waals surface area contributed by atoms with Crippen molar-refractivity contribution in [2.45, 2.75) is 44.7 Å². The summed E-state index contributed by atoms with van der Waals surface area (Å²) in [4.78, 5) is 28.1. The fraction of sp³-hybridized carbons (Fsp3) is 0.444. The first kappa shape index (κ1) is 25.6. The van der Waals surface area contributed by atoms with Crippen molar-refractivity contribution in [1.82, 2.24) is 9.91 Å². The summed E-state index contributed by atoms with van der Waals surface area (Å²) in [5.74, 6) is 0.183. The highest BCUT2D eigenvalue weighted by atomic mass is 19.1. The minimum absolute atomic E-state index is 0.000314. The van der Waals surface area contributed by atoms with Gasteiger partial charge in [0.1, 0.15) is 23.4 Å². The van der Waals surface area contributed by atoms with Crippen LogP contribution in [0.4, 0.5) is 4.39 Å². The Labute approximate surface area is 210 Å². The van der Waals surface area contributed by atoms with E-state index >= 15 is 0 Å². The van der Waals surface area contributed by atoms with Crippen LogP contribution < -0.4 is 9.47 Å². The first-order valence-electron chi connectivity index (χ1n) is 12.2. The number of benzene rings is 2. The molecule has 2 aliphatic rings. The van der Waals surface area contributed by atoms with E-state index in [9.17, 15) is 14.0 Å². The molecular formula is C27H32FN3O5. The third kappa shape index (κ3) is 5.36. The molecule has 1 fully saturated rings. The summed E-state index contributed by atoms with van der Waals surface area (Å²) in [5, 5.41) is 6.00. The van der Waals surface area contributed by atoms with E-state index in [1.165, 1.54) is 11.1 Å². The Balaban J connectivity index is 1.68. The standard InChI is InChI=1S/C27H32FN3O5/c1-4-36-27(33)23-11-7-8-14-30(23)17-26(32)31-24(20-15-18(34-2)12-13-25(20)35-3)16-22(29-31)19-9-5-6-10-21(19)28/h5-6,9-10,12-13,15,23-24H,4,7-8,11,14,16-17H2,1-3H3. The van der Waals surface area contributed by atoms with Crippen molar-refractivity contribution in [2.75, 3.05) is 33.9 Å². The molecule has 0 aliphatic carbocycles. The smallest absolute Gasteiger partial charge is 0.323 e. The Morgan fingerprint density at radius 3 is 2.64 bits per heavy atom. The predicted molar refractivity (Wildman–Crippen MR) is 133 cm³/mol. The monoisotopic (exact) mass is 497 g/mol. The van der Waals surface area contributed by atoms with Gasteiger partial charge in [-0.1, -0.05) is 24.6 Å². The zero-order chi connectivity index (χ0) is 25.7. The highest BCUT2D eigenvalue weighted by molar-refractivity contribution is 6.03. The molecule has 2 unspecified atom stereocenters. The maximum absolute atomic E-state index is 14.7. The molecule has 36 heavy (non-hydrogen) atoms. The first-order chi connectivity index (χ1) is 17.5. The number of hydrogen-bond donors (Lipinski definition) is 0. The van der Waals surface area contributed by atoms with E-state index in [0.29, 0.717) is 47.7 Å². The van der Waals surface area contributed by atoms with E-state index in [4.69, 9.17) is 14.2 Å². The molecular weight excluding hydrogens is 465 g/mol. The summed E-state index contributed by atoms with van der Waals surface area (Å²) in [7, 11) is 3.12. The van der Waals surface area contributed by atoms with Gasteiger partial charge in [-0.3, -0.25) is 14.5 Å². The molecule has 2 heterocycles. The number of carbonyl (C=O) groups is 2. The second-order valence-corrected chi connectivity index (χ2v) is 8.83. The second kappa shape index (κ2) is 11.5. The number of esters is 1. The van der Waals surface area contributed by atoms with Crippen LogP contribution in [0.1, 0.15) is 49.8 Å². The van der Waals surface area contributed by atoms with Gasteiger partial charge < -0.3 is 14.2 Å². The average Bonchev–Trinajstić information content (AvgIpc) is 3.34. The SMILES string of the molecule is CCOC(=O)C1CCCCN1CC(=O)N1N=C(c2ccccc2F)CC1c1cc(OC)ccc1OC. The molecule has 0 N–H and O–H groups in total. The van der Waals surface area contributed by atoms with E-state index in [0.717, 1.165) is 12.8 Å². The van der Waals surface area contributed by atoms with Crippen molar-refractivity contribution in [3.05, 3.63) is 59.4 Å². The number of carbonyl (C=O) groups excluding carboxylic acids is 2. The highest BCUT2D eigenvalue weighted by Gasteiger charge is 2.38. The van der Waals surface area contributed by atoms with Crippen LogP contribution in [0.25, 0.3) is 0 Å². The van der Waals surface area contributed by atoms with Crippen molar-refractivity contribution in [2.24, 2.45) is 5.10 Å². The van der Waals surface area contributed by atoms with Crippen LogP contribution in [0.15, 0.2) is 47.6 Å². The van der Waals surface area contributed by atoms with Crippen LogP contribution in [-0.4, -0.2) is 67.5 Å². The van der Waals surface area contributed by atoms with Crippen molar-refractivity contribution in [3.8, 4) is 11.5 Å². The fourth-order valence-corrected chi connectivity index (χ4v) is 4.87. The second-order valence-electron chi connectivity index (χ2n) is 8.83. The van der Waals surface area contributed by atoms with E-state index in [-0.39, 0.29) is 25.0 Å². The molecule has 0 spiro atoms. The Morgan fingerprint density at radius 1 is 1.11 bits per heavy atom. The van der Waals surface area contributed by atoms with E-state index in [1.54, 1.807) is 51.5 Å². The molecule has 2 aromatic rings. The van der Waals surface area contributed by atoms with Crippen molar-refractivity contribution >= 4 is 17.6 Å². The van der Waals surface area contributed by atoms with E-state index in [2.05, 4.69) is 5.10 Å². The summed E-state index contributed by atoms with van der Waals surface area (Å²) in [6.45, 7) is 2.67.